The van der Waals surface area contributed by atoms with Gasteiger partial charge in [-0.15, -0.1) is 0 Å². The third-order valence-electron chi connectivity index (χ3n) is 2.58. The van der Waals surface area contributed by atoms with Crippen molar-refractivity contribution in [2.75, 3.05) is 11.1 Å². The molecule has 0 saturated heterocycles. The van der Waals surface area contributed by atoms with E-state index >= 15 is 0 Å². The van der Waals surface area contributed by atoms with Crippen molar-refractivity contribution in [2.45, 2.75) is 0 Å². The van der Waals surface area contributed by atoms with Crippen molar-refractivity contribution in [3.05, 3.63) is 34.9 Å². The molecule has 3 N–H and O–H groups in total. The Hall–Kier alpha value is -2.06. The average Bonchev–Trinajstić information content (AvgIpc) is 2.87. The topological polar surface area (TPSA) is 76.7 Å². The van der Waals surface area contributed by atoms with Crippen LogP contribution in [0.25, 0.3) is 11.0 Å². The molecule has 3 aromatic rings. The first kappa shape index (κ1) is 12.9. The Bertz CT molecular complexity index is 807. The maximum Gasteiger partial charge on any atom is 0.169 e. The maximum atomic E-state index is 13.7. The number of rotatable bonds is 2. The highest BCUT2D eigenvalue weighted by Crippen LogP contribution is 2.33. The van der Waals surface area contributed by atoms with Crippen LogP contribution in [-0.4, -0.2) is 13.7 Å². The molecule has 102 valence electrons. The quantitative estimate of drug-likeness (QED) is 0.758. The van der Waals surface area contributed by atoms with Gasteiger partial charge in [-0.2, -0.15) is 8.75 Å². The highest BCUT2D eigenvalue weighted by atomic mass is 35.5. The first-order chi connectivity index (χ1) is 9.56. The summed E-state index contributed by atoms with van der Waals surface area (Å²) < 4.78 is 34.9. The molecule has 20 heavy (non-hydrogen) atoms. The number of nitrogens with zero attached hydrogens (tertiary/aromatic N) is 3. The molecule has 2 heterocycles. The molecule has 0 unspecified atom stereocenters. The predicted octanol–water partition coefficient (Wildman–Crippen LogP) is 3.34. The van der Waals surface area contributed by atoms with Crippen LogP contribution in [0.4, 0.5) is 26.1 Å². The minimum atomic E-state index is -0.923. The summed E-state index contributed by atoms with van der Waals surface area (Å²) >= 11 is 7.05. The number of nitrogens with one attached hydrogen (secondary N) is 1. The van der Waals surface area contributed by atoms with Gasteiger partial charge < -0.3 is 11.1 Å². The van der Waals surface area contributed by atoms with Crippen molar-refractivity contribution in [1.82, 2.24) is 13.7 Å². The van der Waals surface area contributed by atoms with Crippen LogP contribution < -0.4 is 11.1 Å². The van der Waals surface area contributed by atoms with E-state index < -0.39 is 17.5 Å². The van der Waals surface area contributed by atoms with Gasteiger partial charge in [0.05, 0.1) is 22.4 Å². The van der Waals surface area contributed by atoms with Crippen LogP contribution in [0.1, 0.15) is 0 Å². The van der Waals surface area contributed by atoms with Crippen LogP contribution in [0.3, 0.4) is 0 Å². The lowest BCUT2D eigenvalue weighted by atomic mass is 10.2. The summed E-state index contributed by atoms with van der Waals surface area (Å²) in [6, 6.07) is 3.94. The summed E-state index contributed by atoms with van der Waals surface area (Å²) in [7, 11) is 0. The van der Waals surface area contributed by atoms with E-state index in [1.807, 2.05) is 0 Å². The molecule has 0 bridgehead atoms. The van der Waals surface area contributed by atoms with E-state index in [1.54, 1.807) is 12.1 Å². The van der Waals surface area contributed by atoms with Gasteiger partial charge in [0.15, 0.2) is 23.3 Å². The van der Waals surface area contributed by atoms with E-state index in [2.05, 4.69) is 19.0 Å². The van der Waals surface area contributed by atoms with Crippen molar-refractivity contribution < 1.29 is 8.78 Å². The summed E-state index contributed by atoms with van der Waals surface area (Å²) in [4.78, 5) is 3.61. The van der Waals surface area contributed by atoms with Gasteiger partial charge >= 0.3 is 0 Å². The molecule has 0 radical (unpaired) electrons. The molecule has 9 heteroatoms. The number of pyridine rings is 1. The summed E-state index contributed by atoms with van der Waals surface area (Å²) in [5, 5.41) is 2.99. The fourth-order valence-electron chi connectivity index (χ4n) is 1.63. The van der Waals surface area contributed by atoms with Gasteiger partial charge in [-0.3, -0.25) is 0 Å². The predicted molar refractivity (Wildman–Crippen MR) is 74.3 cm³/mol. The normalized spacial score (nSPS) is 10.9. The number of nitrogen functional groups attached to an aromatic ring is 1. The Morgan fingerprint density at radius 1 is 1.20 bits per heavy atom. The monoisotopic (exact) mass is 313 g/mol. The maximum absolute atomic E-state index is 13.7. The van der Waals surface area contributed by atoms with Crippen LogP contribution in [0.2, 0.25) is 5.02 Å². The standard InChI is InChI=1S/C11H6ClF2N5S/c12-4-1-2-7-9(19-20-18-7)8(4)16-11-6(14)3-5(13)10(15)17-11/h1-3H,(H3,15,16,17). The zero-order valence-electron chi connectivity index (χ0n) is 9.69. The minimum Gasteiger partial charge on any atom is -0.381 e. The molecule has 2 aromatic heterocycles. The second kappa shape index (κ2) is 4.80. The molecule has 3 rings (SSSR count). The molecular weight excluding hydrogens is 308 g/mol. The van der Waals surface area contributed by atoms with Gasteiger partial charge in [0.2, 0.25) is 0 Å². The summed E-state index contributed by atoms with van der Waals surface area (Å²) in [5.74, 6) is -2.44. The van der Waals surface area contributed by atoms with E-state index in [0.717, 1.165) is 11.7 Å². The molecule has 0 amide bonds. The van der Waals surface area contributed by atoms with E-state index in [1.165, 1.54) is 0 Å². The number of hydrogen-bond donors (Lipinski definition) is 2. The van der Waals surface area contributed by atoms with Crippen molar-refractivity contribution in [3.8, 4) is 0 Å². The fourth-order valence-corrected chi connectivity index (χ4v) is 2.37. The van der Waals surface area contributed by atoms with Crippen molar-refractivity contribution >= 4 is 51.7 Å². The van der Waals surface area contributed by atoms with Crippen molar-refractivity contribution in [3.63, 3.8) is 0 Å². The lowest BCUT2D eigenvalue weighted by Gasteiger charge is -2.09. The van der Waals surface area contributed by atoms with E-state index in [9.17, 15) is 8.78 Å². The molecule has 0 aliphatic rings. The molecule has 5 nitrogen and oxygen atoms in total. The molecule has 0 saturated carbocycles. The molecule has 0 aliphatic heterocycles. The Kier molecular flexibility index (Phi) is 3.11. The molecule has 0 aliphatic carbocycles. The van der Waals surface area contributed by atoms with Gasteiger partial charge in [0.1, 0.15) is 11.0 Å². The van der Waals surface area contributed by atoms with E-state index in [0.29, 0.717) is 27.8 Å². The lowest BCUT2D eigenvalue weighted by molar-refractivity contribution is 0.581. The third kappa shape index (κ3) is 2.12. The first-order valence-corrected chi connectivity index (χ1v) is 6.46. The number of aromatic nitrogens is 3. The average molecular weight is 314 g/mol. The van der Waals surface area contributed by atoms with Gasteiger partial charge in [0.25, 0.3) is 0 Å². The lowest BCUT2D eigenvalue weighted by Crippen LogP contribution is -2.03. The number of halogens is 3. The second-order valence-corrected chi connectivity index (χ2v) is 4.80. The van der Waals surface area contributed by atoms with Gasteiger partial charge in [-0.25, -0.2) is 13.8 Å². The molecule has 0 atom stereocenters. The van der Waals surface area contributed by atoms with Gasteiger partial charge in [0, 0.05) is 6.07 Å². The first-order valence-electron chi connectivity index (χ1n) is 5.35. The zero-order valence-corrected chi connectivity index (χ0v) is 11.3. The molecule has 1 aromatic carbocycles. The van der Waals surface area contributed by atoms with Crippen LogP contribution >= 0.6 is 23.3 Å². The second-order valence-electron chi connectivity index (χ2n) is 3.87. The van der Waals surface area contributed by atoms with E-state index in [4.69, 9.17) is 17.3 Å². The molecular formula is C11H6ClF2N5S. The summed E-state index contributed by atoms with van der Waals surface area (Å²) in [6.45, 7) is 0. The minimum absolute atomic E-state index is 0.230. The molecule has 0 fully saturated rings. The SMILES string of the molecule is Nc1nc(Nc2c(Cl)ccc3nsnc23)c(F)cc1F. The zero-order chi connectivity index (χ0) is 14.3. The fraction of sp³-hybridized carbons (Fsp3) is 0. The van der Waals surface area contributed by atoms with Crippen LogP contribution in [-0.2, 0) is 0 Å². The van der Waals surface area contributed by atoms with Crippen LogP contribution in [0.15, 0.2) is 18.2 Å². The number of nitrogens with two attached hydrogens (primary N) is 1. The highest BCUT2D eigenvalue weighted by Gasteiger charge is 2.15. The Labute approximate surface area is 120 Å². The Balaban J connectivity index is 2.12. The largest absolute Gasteiger partial charge is 0.381 e. The van der Waals surface area contributed by atoms with Crippen LogP contribution in [0, 0.1) is 11.6 Å². The molecule has 0 spiro atoms. The van der Waals surface area contributed by atoms with Crippen molar-refractivity contribution in [2.24, 2.45) is 0 Å². The number of anilines is 3. The Morgan fingerprint density at radius 3 is 2.80 bits per heavy atom. The van der Waals surface area contributed by atoms with E-state index in [-0.39, 0.29) is 5.82 Å². The highest BCUT2D eigenvalue weighted by molar-refractivity contribution is 7.00. The van der Waals surface area contributed by atoms with Gasteiger partial charge in [-0.1, -0.05) is 11.6 Å². The number of hydrogen-bond acceptors (Lipinski definition) is 6. The summed E-state index contributed by atoms with van der Waals surface area (Å²) in [5.41, 5.74) is 6.75. The number of fused-ring (bicyclic) bond motifs is 1. The number of benzene rings is 1. The smallest absolute Gasteiger partial charge is 0.169 e. The summed E-state index contributed by atoms with van der Waals surface area (Å²) in [6.07, 6.45) is 0. The third-order valence-corrected chi connectivity index (χ3v) is 3.43. The van der Waals surface area contributed by atoms with Crippen molar-refractivity contribution in [1.29, 1.82) is 0 Å². The van der Waals surface area contributed by atoms with Gasteiger partial charge in [-0.05, 0) is 12.1 Å². The Morgan fingerprint density at radius 2 is 2.00 bits per heavy atom. The van der Waals surface area contributed by atoms with Crippen LogP contribution in [0.5, 0.6) is 0 Å².